The number of likely N-dealkylation sites (tertiary alicyclic amines) is 1. The fourth-order valence-electron chi connectivity index (χ4n) is 2.53. The second kappa shape index (κ2) is 6.11. The Bertz CT molecular complexity index is 534. The molecule has 6 heteroatoms. The Morgan fingerprint density at radius 2 is 1.80 bits per heavy atom. The van der Waals surface area contributed by atoms with Crippen LogP contribution in [0.4, 0.5) is 5.69 Å². The summed E-state index contributed by atoms with van der Waals surface area (Å²) in [5.41, 5.74) is 6.17. The zero-order chi connectivity index (χ0) is 14.8. The highest BCUT2D eigenvalue weighted by Crippen LogP contribution is 2.21. The number of nitrogens with two attached hydrogens (primary N) is 1. The van der Waals surface area contributed by atoms with E-state index in [0.717, 1.165) is 25.9 Å². The largest absolute Gasteiger partial charge is 0.399 e. The maximum Gasteiger partial charge on any atom is 0.242 e. The van der Waals surface area contributed by atoms with Gasteiger partial charge in [-0.1, -0.05) is 0 Å². The molecule has 0 aliphatic carbocycles. The Balaban J connectivity index is 2.04. The third-order valence-corrected chi connectivity index (χ3v) is 5.78. The molecular weight excluding hydrogens is 274 g/mol. The van der Waals surface area contributed by atoms with Crippen molar-refractivity contribution in [2.45, 2.75) is 17.7 Å². The molecule has 0 unspecified atom stereocenters. The molecule has 2 N–H and O–H groups in total. The Morgan fingerprint density at radius 3 is 2.35 bits per heavy atom. The van der Waals surface area contributed by atoms with Gasteiger partial charge in [0.1, 0.15) is 0 Å². The van der Waals surface area contributed by atoms with E-state index in [1.165, 1.54) is 4.31 Å². The topological polar surface area (TPSA) is 66.6 Å². The summed E-state index contributed by atoms with van der Waals surface area (Å²) < 4.78 is 26.4. The molecule has 112 valence electrons. The van der Waals surface area contributed by atoms with Gasteiger partial charge in [0.15, 0.2) is 0 Å². The fraction of sp³-hybridized carbons (Fsp3) is 0.571. The van der Waals surface area contributed by atoms with Gasteiger partial charge in [-0.15, -0.1) is 0 Å². The van der Waals surface area contributed by atoms with Crippen molar-refractivity contribution in [1.29, 1.82) is 0 Å². The van der Waals surface area contributed by atoms with E-state index in [2.05, 4.69) is 11.9 Å². The van der Waals surface area contributed by atoms with Crippen molar-refractivity contribution < 1.29 is 8.42 Å². The van der Waals surface area contributed by atoms with Gasteiger partial charge in [0, 0.05) is 19.3 Å². The SMILES string of the molecule is CN1CCC(CN(C)S(=O)(=O)c2ccc(N)cc2)CC1. The third kappa shape index (κ3) is 3.50. The minimum Gasteiger partial charge on any atom is -0.399 e. The van der Waals surface area contributed by atoms with Crippen LogP contribution in [0.1, 0.15) is 12.8 Å². The maximum absolute atomic E-state index is 12.5. The number of nitrogens with zero attached hydrogens (tertiary/aromatic N) is 2. The average Bonchev–Trinajstić information content (AvgIpc) is 2.42. The number of piperidine rings is 1. The summed E-state index contributed by atoms with van der Waals surface area (Å²) in [6.45, 7) is 2.67. The normalized spacial score (nSPS) is 18.6. The number of sulfonamides is 1. The minimum absolute atomic E-state index is 0.308. The van der Waals surface area contributed by atoms with Crippen molar-refractivity contribution in [1.82, 2.24) is 9.21 Å². The summed E-state index contributed by atoms with van der Waals surface area (Å²) in [7, 11) is 0.355. The van der Waals surface area contributed by atoms with E-state index >= 15 is 0 Å². The summed E-state index contributed by atoms with van der Waals surface area (Å²) in [6, 6.07) is 6.37. The lowest BCUT2D eigenvalue weighted by Gasteiger charge is -2.31. The molecule has 0 bridgehead atoms. The molecule has 0 spiro atoms. The zero-order valence-electron chi connectivity index (χ0n) is 12.1. The van der Waals surface area contributed by atoms with Gasteiger partial charge in [-0.3, -0.25) is 0 Å². The van der Waals surface area contributed by atoms with Gasteiger partial charge in [0.25, 0.3) is 0 Å². The number of benzene rings is 1. The van der Waals surface area contributed by atoms with Crippen LogP contribution in [0.3, 0.4) is 0 Å². The maximum atomic E-state index is 12.5. The van der Waals surface area contributed by atoms with Crippen LogP contribution in [-0.2, 0) is 10.0 Å². The molecule has 0 amide bonds. The molecule has 1 aromatic carbocycles. The second-order valence-electron chi connectivity index (χ2n) is 5.60. The molecule has 20 heavy (non-hydrogen) atoms. The second-order valence-corrected chi connectivity index (χ2v) is 7.65. The monoisotopic (exact) mass is 297 g/mol. The molecule has 1 aliphatic heterocycles. The number of hydrogen-bond donors (Lipinski definition) is 1. The van der Waals surface area contributed by atoms with Gasteiger partial charge >= 0.3 is 0 Å². The molecule has 1 aliphatic rings. The number of anilines is 1. The van der Waals surface area contributed by atoms with Crippen LogP contribution in [0.15, 0.2) is 29.2 Å². The van der Waals surface area contributed by atoms with Crippen molar-refractivity contribution in [3.63, 3.8) is 0 Å². The summed E-state index contributed by atoms with van der Waals surface area (Å²) in [5, 5.41) is 0. The van der Waals surface area contributed by atoms with Gasteiger partial charge in [0.05, 0.1) is 4.90 Å². The molecule has 1 heterocycles. The van der Waals surface area contributed by atoms with Crippen molar-refractivity contribution in [2.24, 2.45) is 5.92 Å². The lowest BCUT2D eigenvalue weighted by atomic mass is 9.97. The van der Waals surface area contributed by atoms with Crippen LogP contribution < -0.4 is 5.73 Å². The van der Waals surface area contributed by atoms with Crippen LogP contribution in [0.2, 0.25) is 0 Å². The quantitative estimate of drug-likeness (QED) is 0.849. The number of nitrogen functional groups attached to an aromatic ring is 1. The first kappa shape index (κ1) is 15.3. The highest BCUT2D eigenvalue weighted by atomic mass is 32.2. The Hall–Kier alpha value is -1.11. The summed E-state index contributed by atoms with van der Waals surface area (Å²) >= 11 is 0. The highest BCUT2D eigenvalue weighted by Gasteiger charge is 2.25. The zero-order valence-corrected chi connectivity index (χ0v) is 12.9. The van der Waals surface area contributed by atoms with E-state index in [1.807, 2.05) is 0 Å². The van der Waals surface area contributed by atoms with Gasteiger partial charge in [-0.25, -0.2) is 12.7 Å². The number of hydrogen-bond acceptors (Lipinski definition) is 4. The van der Waals surface area contributed by atoms with Gasteiger partial charge in [0.2, 0.25) is 10.0 Å². The third-order valence-electron chi connectivity index (χ3n) is 3.94. The Kier molecular flexibility index (Phi) is 4.67. The van der Waals surface area contributed by atoms with Gasteiger partial charge < -0.3 is 10.6 Å². The van der Waals surface area contributed by atoms with Gasteiger partial charge in [-0.2, -0.15) is 0 Å². The van der Waals surface area contributed by atoms with E-state index < -0.39 is 10.0 Å². The summed E-state index contributed by atoms with van der Waals surface area (Å²) in [5.74, 6) is 0.444. The molecule has 1 saturated heterocycles. The first-order valence-corrected chi connectivity index (χ1v) is 8.34. The molecule has 1 aromatic rings. The van der Waals surface area contributed by atoms with Gasteiger partial charge in [-0.05, 0) is 63.2 Å². The molecule has 2 rings (SSSR count). The number of rotatable bonds is 4. The van der Waals surface area contributed by atoms with E-state index in [1.54, 1.807) is 31.3 Å². The molecule has 0 radical (unpaired) electrons. The van der Waals surface area contributed by atoms with Crippen molar-refractivity contribution >= 4 is 15.7 Å². The molecular formula is C14H23N3O2S. The molecule has 0 saturated carbocycles. The minimum atomic E-state index is -3.40. The summed E-state index contributed by atoms with van der Waals surface area (Å²) in [6.07, 6.45) is 2.11. The van der Waals surface area contributed by atoms with Crippen LogP contribution in [-0.4, -0.2) is 51.4 Å². The first-order valence-electron chi connectivity index (χ1n) is 6.90. The van der Waals surface area contributed by atoms with Crippen LogP contribution in [0.5, 0.6) is 0 Å². The lowest BCUT2D eigenvalue weighted by Crippen LogP contribution is -2.37. The van der Waals surface area contributed by atoms with Crippen molar-refractivity contribution in [2.75, 3.05) is 39.5 Å². The van der Waals surface area contributed by atoms with Crippen LogP contribution in [0, 0.1) is 5.92 Å². The Labute approximate surface area is 121 Å². The molecule has 1 fully saturated rings. The standard InChI is InChI=1S/C14H23N3O2S/c1-16-9-7-12(8-10-16)11-17(2)20(18,19)14-5-3-13(15)4-6-14/h3-6,12H,7-11,15H2,1-2H3. The fourth-order valence-corrected chi connectivity index (χ4v) is 3.77. The smallest absolute Gasteiger partial charge is 0.242 e. The average molecular weight is 297 g/mol. The molecule has 5 nitrogen and oxygen atoms in total. The van der Waals surface area contributed by atoms with Crippen molar-refractivity contribution in [3.05, 3.63) is 24.3 Å². The van der Waals surface area contributed by atoms with E-state index in [0.29, 0.717) is 23.0 Å². The summed E-state index contributed by atoms with van der Waals surface area (Å²) in [4.78, 5) is 2.59. The van der Waals surface area contributed by atoms with Crippen molar-refractivity contribution in [3.8, 4) is 0 Å². The predicted molar refractivity (Wildman–Crippen MR) is 80.9 cm³/mol. The van der Waals surface area contributed by atoms with E-state index in [9.17, 15) is 8.42 Å². The first-order chi connectivity index (χ1) is 9.39. The van der Waals surface area contributed by atoms with Crippen LogP contribution in [0.25, 0.3) is 0 Å². The van der Waals surface area contributed by atoms with E-state index in [-0.39, 0.29) is 0 Å². The lowest BCUT2D eigenvalue weighted by molar-refractivity contribution is 0.202. The van der Waals surface area contributed by atoms with E-state index in [4.69, 9.17) is 5.73 Å². The molecule has 0 atom stereocenters. The Morgan fingerprint density at radius 1 is 1.25 bits per heavy atom. The van der Waals surface area contributed by atoms with Crippen LogP contribution >= 0.6 is 0 Å². The highest BCUT2D eigenvalue weighted by molar-refractivity contribution is 7.89. The predicted octanol–water partition coefficient (Wildman–Crippen LogP) is 1.23. The molecule has 0 aromatic heterocycles.